The number of aryl methyl sites for hydroxylation is 2. The summed E-state index contributed by atoms with van der Waals surface area (Å²) in [6, 6.07) is 13.4. The first-order valence-corrected chi connectivity index (χ1v) is 28.1. The molecule has 0 spiro atoms. The molecular formula is C60H88N2O6. The van der Waals surface area contributed by atoms with E-state index < -0.39 is 0 Å². The number of carbonyl (C=O) groups excluding carboxylic acids is 2. The first kappa shape index (κ1) is 50.7. The monoisotopic (exact) mass is 933 g/mol. The molecule has 0 aromatic heterocycles. The highest BCUT2D eigenvalue weighted by Crippen LogP contribution is 2.61. The minimum atomic E-state index is -0.158. The Hall–Kier alpha value is -3.68. The number of hydrogen-bond donors (Lipinski definition) is 0. The Kier molecular flexibility index (Phi) is 18.2. The van der Waals surface area contributed by atoms with Crippen molar-refractivity contribution in [3.8, 4) is 11.5 Å². The molecule has 4 fully saturated rings. The molecule has 0 unspecified atom stereocenters. The number of unbranched alkanes of at least 4 members (excludes halogenated alkanes) is 17. The summed E-state index contributed by atoms with van der Waals surface area (Å²) in [6.45, 7) is 4.79. The minimum absolute atomic E-state index is 0.0615. The largest absolute Gasteiger partial charge is 0.497 e. The summed E-state index contributed by atoms with van der Waals surface area (Å²) in [6.07, 6.45) is 37.0. The van der Waals surface area contributed by atoms with E-state index in [-0.39, 0.29) is 22.8 Å². The average molecular weight is 933 g/mol. The van der Waals surface area contributed by atoms with Gasteiger partial charge >= 0.3 is 11.9 Å². The molecule has 8 atom stereocenters. The van der Waals surface area contributed by atoms with Gasteiger partial charge in [0.15, 0.2) is 0 Å². The third-order valence-electron chi connectivity index (χ3n) is 18.9. The number of rotatable bonds is 25. The Labute approximate surface area is 410 Å². The van der Waals surface area contributed by atoms with Crippen molar-refractivity contribution in [1.29, 1.82) is 0 Å². The van der Waals surface area contributed by atoms with Crippen LogP contribution < -0.4 is 9.47 Å². The van der Waals surface area contributed by atoms with Crippen LogP contribution >= 0.6 is 0 Å². The van der Waals surface area contributed by atoms with Crippen molar-refractivity contribution in [3.63, 3.8) is 0 Å². The van der Waals surface area contributed by atoms with Crippen LogP contribution in [0, 0.1) is 34.5 Å². The van der Waals surface area contributed by atoms with Crippen molar-refractivity contribution in [2.45, 2.75) is 231 Å². The second-order valence-electron chi connectivity index (χ2n) is 22.8. The van der Waals surface area contributed by atoms with Gasteiger partial charge in [-0.15, -0.1) is 0 Å². The quantitative estimate of drug-likeness (QED) is 0.0559. The topological polar surface area (TPSA) is 95.8 Å². The Morgan fingerprint density at radius 1 is 0.485 bits per heavy atom. The van der Waals surface area contributed by atoms with Gasteiger partial charge in [0.1, 0.15) is 11.5 Å². The van der Waals surface area contributed by atoms with Crippen LogP contribution in [0.1, 0.15) is 241 Å². The normalized spacial score (nSPS) is 29.1. The molecule has 0 aliphatic heterocycles. The lowest BCUT2D eigenvalue weighted by atomic mass is 9.55. The highest BCUT2D eigenvalue weighted by atomic mass is 16.7. The summed E-state index contributed by atoms with van der Waals surface area (Å²) in [4.78, 5) is 36.4. The van der Waals surface area contributed by atoms with E-state index in [4.69, 9.17) is 19.1 Å². The number of carbonyl (C=O) groups is 2. The molecule has 6 aliphatic carbocycles. The first-order chi connectivity index (χ1) is 33.2. The van der Waals surface area contributed by atoms with Crippen molar-refractivity contribution >= 4 is 23.4 Å². The van der Waals surface area contributed by atoms with Crippen LogP contribution in [0.3, 0.4) is 0 Å². The van der Waals surface area contributed by atoms with E-state index >= 15 is 0 Å². The van der Waals surface area contributed by atoms with Gasteiger partial charge in [-0.2, -0.15) is 0 Å². The fourth-order valence-electron chi connectivity index (χ4n) is 14.9. The molecule has 0 amide bonds. The van der Waals surface area contributed by atoms with Gasteiger partial charge in [-0.05, 0) is 172 Å². The Morgan fingerprint density at radius 2 is 0.838 bits per heavy atom. The number of fused-ring (bicyclic) bond motifs is 10. The van der Waals surface area contributed by atoms with E-state index in [0.29, 0.717) is 48.3 Å². The molecule has 8 heteroatoms. The zero-order chi connectivity index (χ0) is 47.4. The molecule has 68 heavy (non-hydrogen) atoms. The highest BCUT2D eigenvalue weighted by molar-refractivity contribution is 5.93. The second-order valence-corrected chi connectivity index (χ2v) is 22.8. The van der Waals surface area contributed by atoms with E-state index in [0.717, 1.165) is 87.1 Å². The van der Waals surface area contributed by atoms with Gasteiger partial charge in [0.25, 0.3) is 0 Å². The molecule has 8 rings (SSSR count). The molecule has 2 aromatic rings. The number of nitrogens with zero attached hydrogens (tertiary/aromatic N) is 2. The van der Waals surface area contributed by atoms with E-state index in [9.17, 15) is 9.59 Å². The zero-order valence-electron chi connectivity index (χ0n) is 42.9. The number of ether oxygens (including phenoxy) is 2. The number of oxime groups is 2. The van der Waals surface area contributed by atoms with E-state index in [1.54, 1.807) is 14.2 Å². The smallest absolute Gasteiger partial charge is 0.335 e. The molecule has 0 heterocycles. The lowest BCUT2D eigenvalue weighted by Gasteiger charge is -2.49. The highest BCUT2D eigenvalue weighted by Gasteiger charge is 2.55. The van der Waals surface area contributed by atoms with Crippen LogP contribution in [0.25, 0.3) is 0 Å². The van der Waals surface area contributed by atoms with Gasteiger partial charge in [0.2, 0.25) is 0 Å². The Bertz CT molecular complexity index is 1900. The predicted octanol–water partition coefficient (Wildman–Crippen LogP) is 15.7. The molecule has 4 saturated carbocycles. The summed E-state index contributed by atoms with van der Waals surface area (Å²) in [5.41, 5.74) is 8.41. The van der Waals surface area contributed by atoms with Crippen molar-refractivity contribution in [3.05, 3.63) is 58.7 Å². The Morgan fingerprint density at radius 3 is 1.19 bits per heavy atom. The molecule has 0 bridgehead atoms. The third-order valence-corrected chi connectivity index (χ3v) is 18.9. The molecule has 374 valence electrons. The maximum atomic E-state index is 12.7. The standard InChI is InChI=1S/C60H88N2O6/c1-59-39-37-49-47-31-27-45(65-3)41-43(47)25-29-51(49)53(59)33-35-55(59)61-67-57(63)23-21-19-17-15-13-11-9-7-5-6-8-10-12-14-16-18-20-22-24-58(64)68-62-56-36-34-54-52-30-26-44-42-46(66-4)28-32-48(44)50(52)38-40-60(54,56)2/h27-28,31-32,41-42,49-54H,5-26,29-30,33-40H2,1-4H3/b61-55+,62-56+/t49-,50-,51-,52-,53+,54+,59+,60+/m1/s1. The maximum Gasteiger partial charge on any atom is 0.335 e. The summed E-state index contributed by atoms with van der Waals surface area (Å²) < 4.78 is 11.0. The van der Waals surface area contributed by atoms with Gasteiger partial charge < -0.3 is 19.1 Å². The lowest BCUT2D eigenvalue weighted by molar-refractivity contribution is -0.144. The first-order valence-electron chi connectivity index (χ1n) is 28.1. The summed E-state index contributed by atoms with van der Waals surface area (Å²) in [5, 5.41) is 9.11. The summed E-state index contributed by atoms with van der Waals surface area (Å²) >= 11 is 0. The molecular weight excluding hydrogens is 845 g/mol. The van der Waals surface area contributed by atoms with Crippen LogP contribution in [0.2, 0.25) is 0 Å². The molecule has 8 nitrogen and oxygen atoms in total. The summed E-state index contributed by atoms with van der Waals surface area (Å²) in [5.74, 6) is 5.52. The van der Waals surface area contributed by atoms with Crippen molar-refractivity contribution in [2.24, 2.45) is 44.8 Å². The van der Waals surface area contributed by atoms with Crippen LogP contribution in [-0.4, -0.2) is 37.6 Å². The van der Waals surface area contributed by atoms with E-state index in [2.05, 4.69) is 60.6 Å². The van der Waals surface area contributed by atoms with Crippen molar-refractivity contribution < 1.29 is 28.7 Å². The maximum absolute atomic E-state index is 12.7. The van der Waals surface area contributed by atoms with Crippen LogP contribution in [-0.2, 0) is 32.1 Å². The molecule has 0 N–H and O–H groups in total. The van der Waals surface area contributed by atoms with Gasteiger partial charge in [0, 0.05) is 23.7 Å². The number of hydrogen-bond acceptors (Lipinski definition) is 8. The molecule has 2 aromatic carbocycles. The van der Waals surface area contributed by atoms with Gasteiger partial charge in [-0.25, -0.2) is 9.59 Å². The number of methoxy groups -OCH3 is 2. The van der Waals surface area contributed by atoms with Crippen molar-refractivity contribution in [1.82, 2.24) is 0 Å². The predicted molar refractivity (Wildman–Crippen MR) is 275 cm³/mol. The fraction of sp³-hybridized carbons (Fsp3) is 0.733. The van der Waals surface area contributed by atoms with Gasteiger partial charge in [-0.1, -0.05) is 139 Å². The second kappa shape index (κ2) is 24.4. The molecule has 0 radical (unpaired) electrons. The van der Waals surface area contributed by atoms with Gasteiger partial charge in [0.05, 0.1) is 25.6 Å². The average Bonchev–Trinajstić information content (AvgIpc) is 3.89. The van der Waals surface area contributed by atoms with E-state index in [1.165, 1.54) is 151 Å². The van der Waals surface area contributed by atoms with Gasteiger partial charge in [-0.3, -0.25) is 0 Å². The number of benzene rings is 2. The van der Waals surface area contributed by atoms with E-state index in [1.807, 2.05) is 0 Å². The Balaban J connectivity index is 0.574. The zero-order valence-corrected chi connectivity index (χ0v) is 42.9. The third kappa shape index (κ3) is 12.1. The van der Waals surface area contributed by atoms with Crippen LogP contribution in [0.4, 0.5) is 0 Å². The lowest BCUT2D eigenvalue weighted by Crippen LogP contribution is -2.42. The van der Waals surface area contributed by atoms with Crippen LogP contribution in [0.5, 0.6) is 11.5 Å². The molecule has 0 saturated heterocycles. The SMILES string of the molecule is COc1ccc2c(c1)CC[C@@H]1[C@@H]2CC[C@]2(C)/C(=N/OC(=O)CCCCCCCCCCCCCCCCCCCCC(=O)O/N=C3\CC[C@H]4[C@@H]5CCc6cc(OC)ccc6[C@H]5CC[C@]34C)CC[C@@H]12. The minimum Gasteiger partial charge on any atom is -0.497 e. The van der Waals surface area contributed by atoms with Crippen LogP contribution in [0.15, 0.2) is 46.7 Å². The molecule has 6 aliphatic rings. The van der Waals surface area contributed by atoms with Crippen molar-refractivity contribution in [2.75, 3.05) is 14.2 Å². The summed E-state index contributed by atoms with van der Waals surface area (Å²) in [7, 11) is 3.51. The fourth-order valence-corrected chi connectivity index (χ4v) is 14.9.